The fourth-order valence-electron chi connectivity index (χ4n) is 4.35. The maximum Gasteiger partial charge on any atom is 0.245 e. The molecular weight excluding hydrogens is 290 g/mol. The number of carbonyl (C=O) groups excluding carboxylic acids is 2. The van der Waals surface area contributed by atoms with Crippen molar-refractivity contribution in [2.75, 3.05) is 10.6 Å². The van der Waals surface area contributed by atoms with Gasteiger partial charge in [-0.3, -0.25) is 9.59 Å². The van der Waals surface area contributed by atoms with Gasteiger partial charge in [0.25, 0.3) is 0 Å². The minimum Gasteiger partial charge on any atom is -0.326 e. The zero-order valence-electron chi connectivity index (χ0n) is 12.9. The van der Waals surface area contributed by atoms with Crippen LogP contribution in [0.5, 0.6) is 0 Å². The van der Waals surface area contributed by atoms with Crippen LogP contribution >= 0.6 is 0 Å². The highest BCUT2D eigenvalue weighted by molar-refractivity contribution is 6.01. The summed E-state index contributed by atoms with van der Waals surface area (Å²) in [6, 6.07) is 7.82. The van der Waals surface area contributed by atoms with Crippen molar-refractivity contribution in [3.05, 3.63) is 23.8 Å². The first kappa shape index (κ1) is 14.3. The van der Waals surface area contributed by atoms with Crippen LogP contribution in [-0.2, 0) is 16.0 Å². The molecule has 3 aliphatic rings. The molecule has 2 N–H and O–H groups in total. The van der Waals surface area contributed by atoms with Gasteiger partial charge >= 0.3 is 0 Å². The molecule has 0 radical (unpaired) electrons. The summed E-state index contributed by atoms with van der Waals surface area (Å²) in [6.45, 7) is 0. The average molecular weight is 309 g/mol. The monoisotopic (exact) mass is 309 g/mol. The lowest BCUT2D eigenvalue weighted by molar-refractivity contribution is -0.120. The van der Waals surface area contributed by atoms with Crippen molar-refractivity contribution >= 4 is 23.2 Å². The van der Waals surface area contributed by atoms with Gasteiger partial charge in [0.1, 0.15) is 5.41 Å². The van der Waals surface area contributed by atoms with Gasteiger partial charge in [-0.2, -0.15) is 5.26 Å². The maximum absolute atomic E-state index is 12.7. The average Bonchev–Trinajstić information content (AvgIpc) is 2.94. The normalized spacial score (nSPS) is 27.0. The Morgan fingerprint density at radius 1 is 1.26 bits per heavy atom. The van der Waals surface area contributed by atoms with Crippen LogP contribution in [-0.4, -0.2) is 11.8 Å². The molecular formula is C18H19N3O2. The number of hydrogen-bond acceptors (Lipinski definition) is 3. The van der Waals surface area contributed by atoms with Gasteiger partial charge in [-0.15, -0.1) is 0 Å². The molecule has 2 amide bonds. The van der Waals surface area contributed by atoms with E-state index >= 15 is 0 Å². The summed E-state index contributed by atoms with van der Waals surface area (Å²) in [5.41, 5.74) is 1.63. The number of amides is 2. The number of rotatable bonds is 2. The van der Waals surface area contributed by atoms with E-state index in [9.17, 15) is 14.9 Å². The topological polar surface area (TPSA) is 82.0 Å². The molecule has 1 aliphatic heterocycles. The molecule has 1 heterocycles. The van der Waals surface area contributed by atoms with Gasteiger partial charge in [-0.25, -0.2) is 0 Å². The minimum atomic E-state index is -0.840. The summed E-state index contributed by atoms with van der Waals surface area (Å²) in [7, 11) is 0. The number of fused-ring (bicyclic) bond motifs is 1. The molecule has 5 heteroatoms. The van der Waals surface area contributed by atoms with Crippen LogP contribution in [0, 0.1) is 22.2 Å². The molecule has 2 aliphatic carbocycles. The Morgan fingerprint density at radius 2 is 2.04 bits per heavy atom. The lowest BCUT2D eigenvalue weighted by Gasteiger charge is -2.19. The molecule has 2 fully saturated rings. The van der Waals surface area contributed by atoms with Crippen molar-refractivity contribution < 1.29 is 9.59 Å². The molecule has 1 aromatic carbocycles. The van der Waals surface area contributed by atoms with E-state index in [2.05, 4.69) is 16.7 Å². The first-order valence-electron chi connectivity index (χ1n) is 8.24. The number of hydrogen-bond donors (Lipinski definition) is 2. The number of nitriles is 1. The predicted molar refractivity (Wildman–Crippen MR) is 85.6 cm³/mol. The maximum atomic E-state index is 12.7. The smallest absolute Gasteiger partial charge is 0.245 e. The molecule has 23 heavy (non-hydrogen) atoms. The van der Waals surface area contributed by atoms with E-state index in [0.717, 1.165) is 36.9 Å². The van der Waals surface area contributed by atoms with Gasteiger partial charge < -0.3 is 10.6 Å². The second-order valence-corrected chi connectivity index (χ2v) is 7.06. The van der Waals surface area contributed by atoms with Crippen LogP contribution in [0.1, 0.15) is 44.1 Å². The quantitative estimate of drug-likeness (QED) is 0.881. The van der Waals surface area contributed by atoms with E-state index in [1.807, 2.05) is 12.1 Å². The van der Waals surface area contributed by atoms with Crippen LogP contribution in [0.4, 0.5) is 11.4 Å². The number of anilines is 2. The summed E-state index contributed by atoms with van der Waals surface area (Å²) < 4.78 is 0. The lowest BCUT2D eigenvalue weighted by atomic mass is 9.91. The number of aryl methyl sites for hydroxylation is 1. The highest BCUT2D eigenvalue weighted by atomic mass is 16.2. The first-order valence-corrected chi connectivity index (χ1v) is 8.24. The third-order valence-corrected chi connectivity index (χ3v) is 5.78. The molecule has 1 aromatic rings. The SMILES string of the molecule is N#C[C@]1(C(=O)Nc2ccc3c(c2)CCC(=O)N3)CC12CCCC2. The number of benzene rings is 1. The fourth-order valence-corrected chi connectivity index (χ4v) is 4.35. The Morgan fingerprint density at radius 3 is 2.78 bits per heavy atom. The van der Waals surface area contributed by atoms with Crippen molar-refractivity contribution in [2.24, 2.45) is 10.8 Å². The van der Waals surface area contributed by atoms with Crippen molar-refractivity contribution in [3.63, 3.8) is 0 Å². The molecule has 0 saturated heterocycles. The van der Waals surface area contributed by atoms with E-state index in [-0.39, 0.29) is 17.2 Å². The van der Waals surface area contributed by atoms with Crippen molar-refractivity contribution in [1.29, 1.82) is 5.26 Å². The molecule has 5 nitrogen and oxygen atoms in total. The standard InChI is InChI=1S/C18H19N3O2/c19-11-18(10-17(18)7-1-2-8-17)16(23)20-13-4-5-14-12(9-13)3-6-15(22)21-14/h4-5,9H,1-3,6-8,10H2,(H,20,23)(H,21,22)/t18-/m0/s1. The second kappa shape index (κ2) is 4.82. The van der Waals surface area contributed by atoms with E-state index in [0.29, 0.717) is 24.9 Å². The van der Waals surface area contributed by atoms with Gasteiger partial charge in [0.2, 0.25) is 11.8 Å². The van der Waals surface area contributed by atoms with Gasteiger partial charge in [-0.05, 0) is 49.4 Å². The fraction of sp³-hybridized carbons (Fsp3) is 0.500. The molecule has 0 aromatic heterocycles. The first-order chi connectivity index (χ1) is 11.1. The summed E-state index contributed by atoms with van der Waals surface area (Å²) >= 11 is 0. The van der Waals surface area contributed by atoms with Gasteiger partial charge in [0.15, 0.2) is 0 Å². The molecule has 0 bridgehead atoms. The zero-order chi connectivity index (χ0) is 16.1. The van der Waals surface area contributed by atoms with Gasteiger partial charge in [0.05, 0.1) is 6.07 Å². The van der Waals surface area contributed by atoms with Crippen molar-refractivity contribution in [1.82, 2.24) is 0 Å². The number of nitrogens with one attached hydrogen (secondary N) is 2. The van der Waals surface area contributed by atoms with Crippen molar-refractivity contribution in [3.8, 4) is 6.07 Å². The van der Waals surface area contributed by atoms with E-state index in [4.69, 9.17) is 0 Å². The van der Waals surface area contributed by atoms with E-state index < -0.39 is 5.41 Å². The summed E-state index contributed by atoms with van der Waals surface area (Å²) in [4.78, 5) is 24.1. The molecule has 2 saturated carbocycles. The predicted octanol–water partition coefficient (Wildman–Crippen LogP) is 2.98. The third-order valence-electron chi connectivity index (χ3n) is 5.78. The Balaban J connectivity index is 1.54. The largest absolute Gasteiger partial charge is 0.326 e. The molecule has 1 spiro atoms. The highest BCUT2D eigenvalue weighted by Crippen LogP contribution is 2.71. The molecule has 4 rings (SSSR count). The van der Waals surface area contributed by atoms with Crippen LogP contribution < -0.4 is 10.6 Å². The van der Waals surface area contributed by atoms with E-state index in [1.54, 1.807) is 6.07 Å². The highest BCUT2D eigenvalue weighted by Gasteiger charge is 2.72. The van der Waals surface area contributed by atoms with Crippen LogP contribution in [0.25, 0.3) is 0 Å². The van der Waals surface area contributed by atoms with Crippen LogP contribution in [0.3, 0.4) is 0 Å². The summed E-state index contributed by atoms with van der Waals surface area (Å²) in [6.07, 6.45) is 6.07. The molecule has 118 valence electrons. The number of nitrogens with zero attached hydrogens (tertiary/aromatic N) is 1. The summed E-state index contributed by atoms with van der Waals surface area (Å²) in [5, 5.41) is 15.4. The van der Waals surface area contributed by atoms with Crippen LogP contribution in [0.2, 0.25) is 0 Å². The Labute approximate surface area is 135 Å². The van der Waals surface area contributed by atoms with Crippen LogP contribution in [0.15, 0.2) is 18.2 Å². The van der Waals surface area contributed by atoms with Crippen molar-refractivity contribution in [2.45, 2.75) is 44.9 Å². The Hall–Kier alpha value is -2.35. The number of carbonyl (C=O) groups is 2. The second-order valence-electron chi connectivity index (χ2n) is 7.06. The molecule has 1 atom stereocenters. The lowest BCUT2D eigenvalue weighted by Crippen LogP contribution is -2.28. The Kier molecular flexibility index (Phi) is 2.99. The molecule has 0 unspecified atom stereocenters. The Bertz CT molecular complexity index is 743. The third kappa shape index (κ3) is 2.05. The van der Waals surface area contributed by atoms with E-state index in [1.165, 1.54) is 0 Å². The zero-order valence-corrected chi connectivity index (χ0v) is 12.9. The van der Waals surface area contributed by atoms with Gasteiger partial charge in [-0.1, -0.05) is 12.8 Å². The minimum absolute atomic E-state index is 0.0267. The summed E-state index contributed by atoms with van der Waals surface area (Å²) in [5.74, 6) is -0.138. The van der Waals surface area contributed by atoms with Gasteiger partial charge in [0, 0.05) is 23.2 Å².